The third-order valence-electron chi connectivity index (χ3n) is 4.21. The van der Waals surface area contributed by atoms with Crippen molar-refractivity contribution in [3.63, 3.8) is 0 Å². The SMILES string of the molecule is CC(C)(C)OC(=O)N1CCC/C(=C(/C#N)c2nc3ccccc3s2)CC1. The number of likely N-dealkylation sites (tertiary alicyclic amines) is 1. The molecule has 26 heavy (non-hydrogen) atoms. The number of allylic oxidation sites excluding steroid dienone is 1. The summed E-state index contributed by atoms with van der Waals surface area (Å²) in [4.78, 5) is 18.7. The molecule has 1 aromatic carbocycles. The van der Waals surface area contributed by atoms with Gasteiger partial charge in [-0.2, -0.15) is 5.26 Å². The lowest BCUT2D eigenvalue weighted by atomic mass is 10.0. The minimum atomic E-state index is -0.499. The largest absolute Gasteiger partial charge is 0.444 e. The molecule has 0 bridgehead atoms. The zero-order chi connectivity index (χ0) is 18.7. The Kier molecular flexibility index (Phi) is 5.28. The van der Waals surface area contributed by atoms with E-state index in [0.29, 0.717) is 25.1 Å². The summed E-state index contributed by atoms with van der Waals surface area (Å²) in [6, 6.07) is 10.3. The first-order valence-electron chi connectivity index (χ1n) is 8.83. The minimum Gasteiger partial charge on any atom is -0.444 e. The van der Waals surface area contributed by atoms with Crippen molar-refractivity contribution in [3.05, 3.63) is 34.8 Å². The molecule has 1 saturated heterocycles. The molecular formula is C20H23N3O2S. The zero-order valence-electron chi connectivity index (χ0n) is 15.4. The molecule has 0 spiro atoms. The van der Waals surface area contributed by atoms with Crippen molar-refractivity contribution in [2.75, 3.05) is 13.1 Å². The fourth-order valence-electron chi connectivity index (χ4n) is 3.01. The van der Waals surface area contributed by atoms with Crippen LogP contribution in [0.15, 0.2) is 29.8 Å². The van der Waals surface area contributed by atoms with Crippen molar-refractivity contribution in [1.29, 1.82) is 5.26 Å². The lowest BCUT2D eigenvalue weighted by Crippen LogP contribution is -2.37. The first-order chi connectivity index (χ1) is 12.4. The number of benzene rings is 1. The van der Waals surface area contributed by atoms with Crippen LogP contribution in [0.3, 0.4) is 0 Å². The van der Waals surface area contributed by atoms with Gasteiger partial charge in [-0.3, -0.25) is 0 Å². The molecule has 1 aromatic heterocycles. The number of hydrogen-bond donors (Lipinski definition) is 0. The molecule has 5 nitrogen and oxygen atoms in total. The standard InChI is InChI=1S/C20H23N3O2S/c1-20(2,3)25-19(24)23-11-6-7-14(10-12-23)15(13-21)18-22-16-8-4-5-9-17(16)26-18/h4-5,8-9H,6-7,10-12H2,1-3H3/b15-14+. The average molecular weight is 369 g/mol. The summed E-state index contributed by atoms with van der Waals surface area (Å²) >= 11 is 1.55. The number of hydrogen-bond acceptors (Lipinski definition) is 5. The third-order valence-corrected chi connectivity index (χ3v) is 5.27. The van der Waals surface area contributed by atoms with Crippen molar-refractivity contribution >= 4 is 33.2 Å². The number of thiazole rings is 1. The highest BCUT2D eigenvalue weighted by molar-refractivity contribution is 7.19. The molecule has 0 unspecified atom stereocenters. The maximum absolute atomic E-state index is 12.3. The number of carbonyl (C=O) groups excluding carboxylic acids is 1. The summed E-state index contributed by atoms with van der Waals surface area (Å²) < 4.78 is 6.56. The predicted octanol–water partition coefficient (Wildman–Crippen LogP) is 4.99. The number of carbonyl (C=O) groups is 1. The van der Waals surface area contributed by atoms with E-state index >= 15 is 0 Å². The van der Waals surface area contributed by atoms with Crippen LogP contribution >= 0.6 is 11.3 Å². The first kappa shape index (κ1) is 18.4. The number of amides is 1. The molecule has 1 aliphatic heterocycles. The Morgan fingerprint density at radius 2 is 2.04 bits per heavy atom. The van der Waals surface area contributed by atoms with E-state index in [0.717, 1.165) is 33.6 Å². The Morgan fingerprint density at radius 1 is 1.27 bits per heavy atom. The van der Waals surface area contributed by atoms with Gasteiger partial charge in [0.2, 0.25) is 0 Å². The summed E-state index contributed by atoms with van der Waals surface area (Å²) in [5.74, 6) is 0. The molecule has 0 aliphatic carbocycles. The quantitative estimate of drug-likeness (QED) is 0.664. The van der Waals surface area contributed by atoms with Gasteiger partial charge in [0.05, 0.1) is 15.8 Å². The highest BCUT2D eigenvalue weighted by Gasteiger charge is 2.25. The zero-order valence-corrected chi connectivity index (χ0v) is 16.2. The Balaban J connectivity index is 1.81. The van der Waals surface area contributed by atoms with E-state index in [1.54, 1.807) is 16.2 Å². The molecule has 0 atom stereocenters. The van der Waals surface area contributed by atoms with Crippen molar-refractivity contribution in [2.45, 2.75) is 45.6 Å². The van der Waals surface area contributed by atoms with Crippen molar-refractivity contribution < 1.29 is 9.53 Å². The minimum absolute atomic E-state index is 0.280. The van der Waals surface area contributed by atoms with Crippen LogP contribution in [0.1, 0.15) is 45.0 Å². The van der Waals surface area contributed by atoms with Gasteiger partial charge in [-0.15, -0.1) is 11.3 Å². The molecule has 0 radical (unpaired) electrons. The van der Waals surface area contributed by atoms with Gasteiger partial charge in [-0.05, 0) is 57.7 Å². The van der Waals surface area contributed by atoms with Crippen LogP contribution in [-0.2, 0) is 4.74 Å². The fraction of sp³-hybridized carbons (Fsp3) is 0.450. The van der Waals surface area contributed by atoms with Crippen molar-refractivity contribution in [2.24, 2.45) is 0 Å². The summed E-state index contributed by atoms with van der Waals surface area (Å²) in [7, 11) is 0. The molecule has 1 aliphatic rings. The van der Waals surface area contributed by atoms with Crippen LogP contribution in [0.4, 0.5) is 4.79 Å². The molecule has 1 fully saturated rings. The molecule has 6 heteroatoms. The molecule has 3 rings (SSSR count). The average Bonchev–Trinajstić information content (AvgIpc) is 2.84. The Labute approximate surface area is 157 Å². The number of ether oxygens (including phenoxy) is 1. The van der Waals surface area contributed by atoms with Gasteiger partial charge in [0.15, 0.2) is 0 Å². The van der Waals surface area contributed by atoms with Crippen LogP contribution in [0, 0.1) is 11.3 Å². The Bertz CT molecular complexity index is 853. The number of nitriles is 1. The van der Waals surface area contributed by atoms with E-state index in [-0.39, 0.29) is 6.09 Å². The molecular weight excluding hydrogens is 346 g/mol. The second-order valence-corrected chi connectivity index (χ2v) is 8.43. The van der Waals surface area contributed by atoms with Crippen LogP contribution in [0.2, 0.25) is 0 Å². The molecule has 2 heterocycles. The van der Waals surface area contributed by atoms with Gasteiger partial charge in [0, 0.05) is 13.1 Å². The topological polar surface area (TPSA) is 66.2 Å². The normalized spacial score (nSPS) is 17.5. The maximum Gasteiger partial charge on any atom is 0.410 e. The summed E-state index contributed by atoms with van der Waals surface area (Å²) in [5.41, 5.74) is 2.17. The lowest BCUT2D eigenvalue weighted by molar-refractivity contribution is 0.0258. The van der Waals surface area contributed by atoms with Crippen LogP contribution in [-0.4, -0.2) is 34.7 Å². The molecule has 1 amide bonds. The van der Waals surface area contributed by atoms with Crippen LogP contribution in [0.25, 0.3) is 15.8 Å². The van der Waals surface area contributed by atoms with Gasteiger partial charge in [-0.25, -0.2) is 9.78 Å². The number of fused-ring (bicyclic) bond motifs is 1. The third kappa shape index (κ3) is 4.23. The van der Waals surface area contributed by atoms with Crippen molar-refractivity contribution in [1.82, 2.24) is 9.88 Å². The van der Waals surface area contributed by atoms with E-state index in [1.165, 1.54) is 0 Å². The fourth-order valence-corrected chi connectivity index (χ4v) is 4.02. The van der Waals surface area contributed by atoms with Gasteiger partial charge in [-0.1, -0.05) is 12.1 Å². The van der Waals surface area contributed by atoms with Crippen molar-refractivity contribution in [3.8, 4) is 6.07 Å². The monoisotopic (exact) mass is 369 g/mol. The summed E-state index contributed by atoms with van der Waals surface area (Å²) in [6.07, 6.45) is 2.03. The molecule has 2 aromatic rings. The van der Waals surface area contributed by atoms with E-state index in [1.807, 2.05) is 45.0 Å². The first-order valence-corrected chi connectivity index (χ1v) is 9.65. The smallest absolute Gasteiger partial charge is 0.410 e. The van der Waals surface area contributed by atoms with E-state index in [9.17, 15) is 10.1 Å². The summed E-state index contributed by atoms with van der Waals surface area (Å²) in [6.45, 7) is 6.83. The van der Waals surface area contributed by atoms with E-state index in [4.69, 9.17) is 4.74 Å². The summed E-state index contributed by atoms with van der Waals surface area (Å²) in [5, 5.41) is 10.5. The predicted molar refractivity (Wildman–Crippen MR) is 104 cm³/mol. The van der Waals surface area contributed by atoms with Gasteiger partial charge < -0.3 is 9.64 Å². The second-order valence-electron chi connectivity index (χ2n) is 7.40. The Morgan fingerprint density at radius 3 is 2.73 bits per heavy atom. The molecule has 136 valence electrons. The molecule has 0 saturated carbocycles. The maximum atomic E-state index is 12.3. The number of para-hydroxylation sites is 1. The molecule has 0 N–H and O–H groups in total. The van der Waals surface area contributed by atoms with Crippen LogP contribution < -0.4 is 0 Å². The van der Waals surface area contributed by atoms with E-state index in [2.05, 4.69) is 11.1 Å². The van der Waals surface area contributed by atoms with Gasteiger partial charge in [0.25, 0.3) is 0 Å². The lowest BCUT2D eigenvalue weighted by Gasteiger charge is -2.26. The van der Waals surface area contributed by atoms with Crippen LogP contribution in [0.5, 0.6) is 0 Å². The van der Waals surface area contributed by atoms with Gasteiger partial charge in [0.1, 0.15) is 16.7 Å². The number of nitrogens with zero attached hydrogens (tertiary/aromatic N) is 3. The highest BCUT2D eigenvalue weighted by Crippen LogP contribution is 2.32. The number of rotatable bonds is 1. The second kappa shape index (κ2) is 7.46. The highest BCUT2D eigenvalue weighted by atomic mass is 32.1. The van der Waals surface area contributed by atoms with Gasteiger partial charge >= 0.3 is 6.09 Å². The van der Waals surface area contributed by atoms with E-state index < -0.39 is 5.60 Å². The number of aromatic nitrogens is 1. The Hall–Kier alpha value is -2.39.